The zero-order valence-electron chi connectivity index (χ0n) is 10.3. The molecule has 0 spiro atoms. The highest BCUT2D eigenvalue weighted by Crippen LogP contribution is 2.35. The molecule has 0 aliphatic heterocycles. The Bertz CT molecular complexity index is 740. The van der Waals surface area contributed by atoms with Gasteiger partial charge in [-0.25, -0.2) is 0 Å². The normalized spacial score (nSPS) is 9.95. The summed E-state index contributed by atoms with van der Waals surface area (Å²) in [4.78, 5) is 13.9. The molecule has 2 N–H and O–H groups in total. The van der Waals surface area contributed by atoms with Crippen molar-refractivity contribution in [1.82, 2.24) is 4.90 Å². The molecule has 20 heavy (non-hydrogen) atoms. The van der Waals surface area contributed by atoms with E-state index < -0.39 is 0 Å². The Morgan fingerprint density at radius 2 is 2.00 bits per heavy atom. The van der Waals surface area contributed by atoms with Gasteiger partial charge in [0.25, 0.3) is 5.91 Å². The number of benzene rings is 1. The molecule has 2 rings (SSSR count). The van der Waals surface area contributed by atoms with Crippen LogP contribution in [0.15, 0.2) is 22.7 Å². The number of halogens is 1. The zero-order chi connectivity index (χ0) is 14.7. The highest BCUT2D eigenvalue weighted by atomic mass is 79.9. The molecule has 1 heterocycles. The van der Waals surface area contributed by atoms with E-state index in [1.807, 2.05) is 30.3 Å². The molecule has 1 aromatic carbocycles. The van der Waals surface area contributed by atoms with Gasteiger partial charge in [-0.2, -0.15) is 10.5 Å². The first-order valence-corrected chi connectivity index (χ1v) is 7.20. The third-order valence-electron chi connectivity index (χ3n) is 2.69. The smallest absolute Gasteiger partial charge is 0.267 e. The lowest BCUT2D eigenvalue weighted by Crippen LogP contribution is -2.31. The maximum atomic E-state index is 12.3. The summed E-state index contributed by atoms with van der Waals surface area (Å²) < 4.78 is 1.77. The molecule has 0 bridgehead atoms. The maximum Gasteiger partial charge on any atom is 0.267 e. The van der Waals surface area contributed by atoms with E-state index in [4.69, 9.17) is 16.3 Å². The summed E-state index contributed by atoms with van der Waals surface area (Å²) in [5.41, 5.74) is 6.40. The van der Waals surface area contributed by atoms with Gasteiger partial charge in [0.2, 0.25) is 0 Å². The van der Waals surface area contributed by atoms with E-state index in [9.17, 15) is 4.79 Å². The van der Waals surface area contributed by atoms with Gasteiger partial charge in [-0.15, -0.1) is 11.3 Å². The van der Waals surface area contributed by atoms with Gasteiger partial charge in [-0.3, -0.25) is 4.79 Å². The van der Waals surface area contributed by atoms with Crippen LogP contribution in [-0.4, -0.2) is 23.9 Å². The van der Waals surface area contributed by atoms with E-state index in [1.54, 1.807) is 0 Å². The molecule has 1 amide bonds. The summed E-state index contributed by atoms with van der Waals surface area (Å²) in [6.45, 7) is -0.270. The molecule has 0 radical (unpaired) electrons. The second-order valence-corrected chi connectivity index (χ2v) is 5.93. The van der Waals surface area contributed by atoms with Gasteiger partial charge >= 0.3 is 0 Å². The van der Waals surface area contributed by atoms with Crippen LogP contribution < -0.4 is 5.73 Å². The lowest BCUT2D eigenvalue weighted by molar-refractivity contribution is 0.0800. The average molecular weight is 349 g/mol. The van der Waals surface area contributed by atoms with E-state index >= 15 is 0 Å². The van der Waals surface area contributed by atoms with Crippen molar-refractivity contribution in [2.24, 2.45) is 0 Å². The summed E-state index contributed by atoms with van der Waals surface area (Å²) in [5, 5.41) is 18.2. The minimum Gasteiger partial charge on any atom is -0.397 e. The molecular weight excluding hydrogens is 340 g/mol. The fraction of sp³-hybridized carbons (Fsp3) is 0.154. The number of nitrogens with two attached hydrogens (primary N) is 1. The molecule has 1 aromatic heterocycles. The quantitative estimate of drug-likeness (QED) is 0.862. The van der Waals surface area contributed by atoms with E-state index in [0.29, 0.717) is 10.6 Å². The molecular formula is C13H9BrN4OS. The van der Waals surface area contributed by atoms with Crippen LogP contribution in [0.2, 0.25) is 0 Å². The van der Waals surface area contributed by atoms with E-state index in [2.05, 4.69) is 15.9 Å². The van der Waals surface area contributed by atoms with Gasteiger partial charge in [-0.05, 0) is 18.2 Å². The Balaban J connectivity index is 2.47. The third-order valence-corrected chi connectivity index (χ3v) is 4.36. The zero-order valence-corrected chi connectivity index (χ0v) is 12.7. The van der Waals surface area contributed by atoms with Gasteiger partial charge in [0.05, 0.1) is 17.8 Å². The highest BCUT2D eigenvalue weighted by Gasteiger charge is 2.21. The predicted octanol–water partition coefficient (Wildman–Crippen LogP) is 2.74. The molecule has 5 nitrogen and oxygen atoms in total. The largest absolute Gasteiger partial charge is 0.397 e. The Morgan fingerprint density at radius 3 is 2.60 bits per heavy atom. The monoisotopic (exact) mass is 348 g/mol. The second-order valence-electron chi connectivity index (χ2n) is 3.96. The molecule has 0 saturated heterocycles. The minimum atomic E-state index is -0.386. The first kappa shape index (κ1) is 14.3. The Labute approximate surface area is 127 Å². The Hall–Kier alpha value is -2.09. The number of hydrogen-bond acceptors (Lipinski definition) is 5. The van der Waals surface area contributed by atoms with Crippen LogP contribution in [0.4, 0.5) is 5.69 Å². The van der Waals surface area contributed by atoms with Crippen molar-refractivity contribution in [2.45, 2.75) is 0 Å². The summed E-state index contributed by atoms with van der Waals surface area (Å²) in [7, 11) is 0. The minimum absolute atomic E-state index is 0.135. The molecule has 0 atom stereocenters. The summed E-state index contributed by atoms with van der Waals surface area (Å²) in [5.74, 6) is -0.386. The SMILES string of the molecule is N#CCN(CC#N)C(=O)c1sc2ccc(Br)cc2c1N. The average Bonchev–Trinajstić information content (AvgIpc) is 2.75. The Morgan fingerprint density at radius 1 is 1.35 bits per heavy atom. The lowest BCUT2D eigenvalue weighted by Gasteiger charge is -2.14. The van der Waals surface area contributed by atoms with Crippen molar-refractivity contribution < 1.29 is 4.79 Å². The second kappa shape index (κ2) is 5.91. The third kappa shape index (κ3) is 2.60. The summed E-state index contributed by atoms with van der Waals surface area (Å²) >= 11 is 4.62. The standard InChI is InChI=1S/C13H9BrN4OS/c14-8-1-2-10-9(7-8)11(17)12(20-10)13(19)18(5-3-15)6-4-16/h1-2,7H,5-6,17H2. The van der Waals surface area contributed by atoms with E-state index in [-0.39, 0.29) is 19.0 Å². The number of nitrogen functional groups attached to an aromatic ring is 1. The van der Waals surface area contributed by atoms with Gasteiger partial charge < -0.3 is 10.6 Å². The first-order valence-electron chi connectivity index (χ1n) is 5.59. The van der Waals surface area contributed by atoms with Crippen molar-refractivity contribution >= 4 is 48.9 Å². The Kier molecular flexibility index (Phi) is 4.23. The molecule has 0 saturated carbocycles. The van der Waals surface area contributed by atoms with Crippen LogP contribution in [0.3, 0.4) is 0 Å². The fourth-order valence-corrected chi connectivity index (χ4v) is 3.19. The molecule has 0 unspecified atom stereocenters. The number of thiophene rings is 1. The molecule has 0 aliphatic rings. The summed E-state index contributed by atoms with van der Waals surface area (Å²) in [6.07, 6.45) is 0. The molecule has 0 aliphatic carbocycles. The highest BCUT2D eigenvalue weighted by molar-refractivity contribution is 9.10. The number of carbonyl (C=O) groups is 1. The van der Waals surface area contributed by atoms with Crippen molar-refractivity contribution in [1.29, 1.82) is 10.5 Å². The predicted molar refractivity (Wildman–Crippen MR) is 81.1 cm³/mol. The topological polar surface area (TPSA) is 93.9 Å². The van der Waals surface area contributed by atoms with Crippen molar-refractivity contribution in [3.8, 4) is 12.1 Å². The van der Waals surface area contributed by atoms with Crippen LogP contribution in [0.5, 0.6) is 0 Å². The number of rotatable bonds is 3. The molecule has 7 heteroatoms. The van der Waals surface area contributed by atoms with E-state index in [1.165, 1.54) is 16.2 Å². The van der Waals surface area contributed by atoms with Crippen LogP contribution >= 0.6 is 27.3 Å². The number of carbonyl (C=O) groups excluding carboxylic acids is 1. The van der Waals surface area contributed by atoms with Crippen molar-refractivity contribution in [2.75, 3.05) is 18.8 Å². The number of nitriles is 2. The lowest BCUT2D eigenvalue weighted by atomic mass is 10.2. The van der Waals surface area contributed by atoms with Crippen LogP contribution in [0.1, 0.15) is 9.67 Å². The van der Waals surface area contributed by atoms with Crippen LogP contribution in [0.25, 0.3) is 10.1 Å². The van der Waals surface area contributed by atoms with Gasteiger partial charge in [0, 0.05) is 14.6 Å². The van der Waals surface area contributed by atoms with Crippen LogP contribution in [0, 0.1) is 22.7 Å². The van der Waals surface area contributed by atoms with Gasteiger partial charge in [0.1, 0.15) is 18.0 Å². The molecule has 0 fully saturated rings. The maximum absolute atomic E-state index is 12.3. The molecule has 100 valence electrons. The van der Waals surface area contributed by atoms with Crippen molar-refractivity contribution in [3.63, 3.8) is 0 Å². The van der Waals surface area contributed by atoms with Gasteiger partial charge in [-0.1, -0.05) is 15.9 Å². The van der Waals surface area contributed by atoms with Crippen LogP contribution in [-0.2, 0) is 0 Å². The molecule has 2 aromatic rings. The number of anilines is 1. The number of fused-ring (bicyclic) bond motifs is 1. The number of nitrogens with zero attached hydrogens (tertiary/aromatic N) is 3. The fourth-order valence-electron chi connectivity index (χ4n) is 1.76. The summed E-state index contributed by atoms with van der Waals surface area (Å²) in [6, 6.07) is 9.34. The number of hydrogen-bond donors (Lipinski definition) is 1. The van der Waals surface area contributed by atoms with E-state index in [0.717, 1.165) is 14.6 Å². The first-order chi connectivity index (χ1) is 9.58. The van der Waals surface area contributed by atoms with Gasteiger partial charge in [0.15, 0.2) is 0 Å². The number of amides is 1. The van der Waals surface area contributed by atoms with Crippen molar-refractivity contribution in [3.05, 3.63) is 27.5 Å².